The van der Waals surface area contributed by atoms with E-state index in [0.29, 0.717) is 18.4 Å². The fraction of sp³-hybridized carbons (Fsp3) is 0.727. The number of rotatable bonds is 6. The number of hydrogen-bond donors (Lipinski definition) is 0. The molecule has 0 saturated carbocycles. The average molecular weight is 184 g/mol. The Labute approximate surface area is 81.0 Å². The van der Waals surface area contributed by atoms with E-state index in [1.54, 1.807) is 0 Å². The van der Waals surface area contributed by atoms with Gasteiger partial charge in [-0.2, -0.15) is 0 Å². The highest BCUT2D eigenvalue weighted by atomic mass is 16.5. The number of hydrogen-bond acceptors (Lipinski definition) is 2. The largest absolute Gasteiger partial charge is 0.462 e. The van der Waals surface area contributed by atoms with Gasteiger partial charge in [0.25, 0.3) is 0 Å². The highest BCUT2D eigenvalue weighted by Gasteiger charge is 2.12. The summed E-state index contributed by atoms with van der Waals surface area (Å²) in [6.07, 6.45) is 3.57. The maximum absolute atomic E-state index is 10.8. The molecule has 0 aliphatic heterocycles. The number of ether oxygens (including phenoxy) is 1. The summed E-state index contributed by atoms with van der Waals surface area (Å²) in [4.78, 5) is 10.8. The molecule has 0 radical (unpaired) electrons. The van der Waals surface area contributed by atoms with E-state index in [1.807, 2.05) is 0 Å². The number of esters is 1. The normalized spacial score (nSPS) is 14.7. The predicted octanol–water partition coefficient (Wildman–Crippen LogP) is 2.79. The number of carbonyl (C=O) groups is 1. The molecule has 2 unspecified atom stereocenters. The van der Waals surface area contributed by atoms with Crippen LogP contribution in [-0.2, 0) is 9.53 Å². The molecule has 2 atom stereocenters. The molecule has 2 heteroatoms. The standard InChI is InChI=1S/C11H20O2/c1-5-7-9(3)10(4)8-13-11(12)6-2/h6,9-10H,2,5,7-8H2,1,3-4H3. The molecule has 2 nitrogen and oxygen atoms in total. The Hall–Kier alpha value is -0.790. The molecule has 0 bridgehead atoms. The Balaban J connectivity index is 3.66. The Bertz CT molecular complexity index is 163. The quantitative estimate of drug-likeness (QED) is 0.468. The lowest BCUT2D eigenvalue weighted by atomic mass is 9.93. The van der Waals surface area contributed by atoms with Crippen LogP contribution < -0.4 is 0 Å². The molecule has 0 amide bonds. The van der Waals surface area contributed by atoms with E-state index in [9.17, 15) is 4.79 Å². The van der Waals surface area contributed by atoms with Crippen LogP contribution in [0.3, 0.4) is 0 Å². The van der Waals surface area contributed by atoms with Crippen LogP contribution in [0, 0.1) is 11.8 Å². The highest BCUT2D eigenvalue weighted by molar-refractivity contribution is 5.81. The SMILES string of the molecule is C=CC(=O)OCC(C)C(C)CCC. The Morgan fingerprint density at radius 3 is 2.54 bits per heavy atom. The fourth-order valence-corrected chi connectivity index (χ4v) is 1.18. The molecule has 0 heterocycles. The van der Waals surface area contributed by atoms with Gasteiger partial charge in [-0.05, 0) is 11.8 Å². The van der Waals surface area contributed by atoms with Gasteiger partial charge in [-0.3, -0.25) is 0 Å². The summed E-state index contributed by atoms with van der Waals surface area (Å²) >= 11 is 0. The van der Waals surface area contributed by atoms with Gasteiger partial charge in [0.2, 0.25) is 0 Å². The van der Waals surface area contributed by atoms with Crippen LogP contribution >= 0.6 is 0 Å². The molecule has 0 aromatic carbocycles. The first-order chi connectivity index (χ1) is 6.11. The molecule has 0 fully saturated rings. The molecule has 0 spiro atoms. The lowest BCUT2D eigenvalue weighted by Gasteiger charge is -2.18. The maximum atomic E-state index is 10.8. The van der Waals surface area contributed by atoms with E-state index >= 15 is 0 Å². The molecule has 0 N–H and O–H groups in total. The topological polar surface area (TPSA) is 26.3 Å². The van der Waals surface area contributed by atoms with Crippen LogP contribution in [0.5, 0.6) is 0 Å². The van der Waals surface area contributed by atoms with Gasteiger partial charge in [-0.15, -0.1) is 0 Å². The number of carbonyl (C=O) groups excluding carboxylic acids is 1. The molecule has 0 aromatic rings. The lowest BCUT2D eigenvalue weighted by Crippen LogP contribution is -2.16. The van der Waals surface area contributed by atoms with Crippen molar-refractivity contribution in [2.75, 3.05) is 6.61 Å². The van der Waals surface area contributed by atoms with E-state index in [0.717, 1.165) is 0 Å². The maximum Gasteiger partial charge on any atom is 0.330 e. The third kappa shape index (κ3) is 5.45. The van der Waals surface area contributed by atoms with Crippen LogP contribution in [0.4, 0.5) is 0 Å². The molecular formula is C11H20O2. The van der Waals surface area contributed by atoms with Crippen LogP contribution in [0.15, 0.2) is 12.7 Å². The zero-order valence-electron chi connectivity index (χ0n) is 8.88. The average Bonchev–Trinajstić information content (AvgIpc) is 2.13. The van der Waals surface area contributed by atoms with E-state index in [2.05, 4.69) is 27.4 Å². The fourth-order valence-electron chi connectivity index (χ4n) is 1.18. The van der Waals surface area contributed by atoms with Gasteiger partial charge < -0.3 is 4.74 Å². The van der Waals surface area contributed by atoms with Crippen molar-refractivity contribution >= 4 is 5.97 Å². The molecule has 0 saturated heterocycles. The van der Waals surface area contributed by atoms with Crippen molar-refractivity contribution in [1.82, 2.24) is 0 Å². The summed E-state index contributed by atoms with van der Waals surface area (Å²) in [6, 6.07) is 0. The Morgan fingerprint density at radius 1 is 1.46 bits per heavy atom. The molecule has 0 rings (SSSR count). The molecule has 0 aliphatic carbocycles. The zero-order valence-corrected chi connectivity index (χ0v) is 8.88. The second-order valence-corrected chi connectivity index (χ2v) is 3.58. The summed E-state index contributed by atoms with van der Waals surface area (Å²) in [5.41, 5.74) is 0. The lowest BCUT2D eigenvalue weighted by molar-refractivity contribution is -0.139. The minimum Gasteiger partial charge on any atom is -0.462 e. The summed E-state index contributed by atoms with van der Waals surface area (Å²) in [5, 5.41) is 0. The Morgan fingerprint density at radius 2 is 2.08 bits per heavy atom. The Kier molecular flexibility index (Phi) is 6.29. The van der Waals surface area contributed by atoms with E-state index < -0.39 is 0 Å². The van der Waals surface area contributed by atoms with Crippen molar-refractivity contribution in [3.63, 3.8) is 0 Å². The molecule has 0 aliphatic rings. The van der Waals surface area contributed by atoms with Crippen molar-refractivity contribution in [3.8, 4) is 0 Å². The smallest absolute Gasteiger partial charge is 0.330 e. The molecular weight excluding hydrogens is 164 g/mol. The minimum atomic E-state index is -0.324. The first-order valence-electron chi connectivity index (χ1n) is 4.91. The van der Waals surface area contributed by atoms with Gasteiger partial charge in [0.15, 0.2) is 0 Å². The summed E-state index contributed by atoms with van der Waals surface area (Å²) in [6.45, 7) is 10.3. The van der Waals surface area contributed by atoms with Gasteiger partial charge in [-0.25, -0.2) is 4.79 Å². The van der Waals surface area contributed by atoms with Gasteiger partial charge in [0.1, 0.15) is 0 Å². The monoisotopic (exact) mass is 184 g/mol. The second-order valence-electron chi connectivity index (χ2n) is 3.58. The second kappa shape index (κ2) is 6.70. The van der Waals surface area contributed by atoms with Gasteiger partial charge in [-0.1, -0.05) is 40.2 Å². The van der Waals surface area contributed by atoms with Crippen LogP contribution in [0.2, 0.25) is 0 Å². The van der Waals surface area contributed by atoms with Crippen molar-refractivity contribution in [2.45, 2.75) is 33.6 Å². The summed E-state index contributed by atoms with van der Waals surface area (Å²) in [7, 11) is 0. The zero-order chi connectivity index (χ0) is 10.3. The third-order valence-electron chi connectivity index (χ3n) is 2.37. The van der Waals surface area contributed by atoms with Gasteiger partial charge in [0, 0.05) is 6.08 Å². The van der Waals surface area contributed by atoms with Gasteiger partial charge in [0.05, 0.1) is 6.61 Å². The van der Waals surface area contributed by atoms with Crippen molar-refractivity contribution in [2.24, 2.45) is 11.8 Å². The van der Waals surface area contributed by atoms with E-state index in [-0.39, 0.29) is 5.97 Å². The van der Waals surface area contributed by atoms with Crippen LogP contribution in [0.25, 0.3) is 0 Å². The highest BCUT2D eigenvalue weighted by Crippen LogP contribution is 2.16. The summed E-state index contributed by atoms with van der Waals surface area (Å²) in [5.74, 6) is 0.724. The van der Waals surface area contributed by atoms with E-state index in [4.69, 9.17) is 4.74 Å². The minimum absolute atomic E-state index is 0.324. The van der Waals surface area contributed by atoms with Crippen LogP contribution in [0.1, 0.15) is 33.6 Å². The first kappa shape index (κ1) is 12.2. The third-order valence-corrected chi connectivity index (χ3v) is 2.37. The molecule has 76 valence electrons. The van der Waals surface area contributed by atoms with Gasteiger partial charge >= 0.3 is 5.97 Å². The molecule has 0 aromatic heterocycles. The van der Waals surface area contributed by atoms with Crippen LogP contribution in [-0.4, -0.2) is 12.6 Å². The van der Waals surface area contributed by atoms with E-state index in [1.165, 1.54) is 18.9 Å². The molecule has 13 heavy (non-hydrogen) atoms. The van der Waals surface area contributed by atoms with Crippen molar-refractivity contribution < 1.29 is 9.53 Å². The van der Waals surface area contributed by atoms with Crippen molar-refractivity contribution in [1.29, 1.82) is 0 Å². The first-order valence-corrected chi connectivity index (χ1v) is 4.91. The van der Waals surface area contributed by atoms with Crippen molar-refractivity contribution in [3.05, 3.63) is 12.7 Å². The predicted molar refractivity (Wildman–Crippen MR) is 54.4 cm³/mol. The summed E-state index contributed by atoms with van der Waals surface area (Å²) < 4.78 is 4.96.